The van der Waals surface area contributed by atoms with E-state index in [-0.39, 0.29) is 5.91 Å². The van der Waals surface area contributed by atoms with E-state index in [1.54, 1.807) is 6.20 Å². The van der Waals surface area contributed by atoms with Gasteiger partial charge >= 0.3 is 0 Å². The minimum absolute atomic E-state index is 0.0609. The predicted molar refractivity (Wildman–Crippen MR) is 128 cm³/mol. The van der Waals surface area contributed by atoms with Gasteiger partial charge < -0.3 is 9.64 Å². The van der Waals surface area contributed by atoms with Gasteiger partial charge in [0.1, 0.15) is 6.10 Å². The molecule has 2 heterocycles. The summed E-state index contributed by atoms with van der Waals surface area (Å²) in [6, 6.07) is 18.1. The Balaban J connectivity index is 1.45. The Morgan fingerprint density at radius 3 is 2.75 bits per heavy atom. The summed E-state index contributed by atoms with van der Waals surface area (Å²) in [5, 5.41) is 1.82. The fourth-order valence-corrected chi connectivity index (χ4v) is 4.29. The summed E-state index contributed by atoms with van der Waals surface area (Å²) in [7, 11) is 0. The number of carbonyl (C=O) groups excluding carboxylic acids is 1. The van der Waals surface area contributed by atoms with Crippen molar-refractivity contribution >= 4 is 28.4 Å². The molecule has 4 rings (SSSR count). The summed E-state index contributed by atoms with van der Waals surface area (Å²) in [5.41, 5.74) is 3.26. The van der Waals surface area contributed by atoms with Gasteiger partial charge in [-0.3, -0.25) is 14.7 Å². The van der Waals surface area contributed by atoms with Crippen molar-refractivity contribution < 1.29 is 9.53 Å². The van der Waals surface area contributed by atoms with E-state index in [1.165, 1.54) is 5.56 Å². The standard InChI is InChI=1S/C26H30ClN3O2/c1-19(2)15-30(17-21-7-10-24-22(14-21)4-3-11-28-24)26(31)25-18-29(12-13-32-25)16-20-5-8-23(27)9-6-20/h3-11,14,19,25H,12-13,15-18H2,1-2H3/t25-/m1/s1. The van der Waals surface area contributed by atoms with Crippen LogP contribution in [0.2, 0.25) is 5.02 Å². The van der Waals surface area contributed by atoms with E-state index in [0.29, 0.717) is 32.2 Å². The van der Waals surface area contributed by atoms with Crippen LogP contribution in [0.25, 0.3) is 10.9 Å². The van der Waals surface area contributed by atoms with Crippen LogP contribution in [0.4, 0.5) is 0 Å². The smallest absolute Gasteiger partial charge is 0.253 e. The molecule has 0 unspecified atom stereocenters. The molecule has 0 aliphatic carbocycles. The summed E-state index contributed by atoms with van der Waals surface area (Å²) in [6.07, 6.45) is 1.35. The number of halogens is 1. The van der Waals surface area contributed by atoms with E-state index in [0.717, 1.165) is 34.6 Å². The number of hydrogen-bond acceptors (Lipinski definition) is 4. The molecule has 1 saturated heterocycles. The first-order chi connectivity index (χ1) is 15.5. The molecule has 1 atom stereocenters. The van der Waals surface area contributed by atoms with Gasteiger partial charge in [0.25, 0.3) is 5.91 Å². The Labute approximate surface area is 194 Å². The monoisotopic (exact) mass is 451 g/mol. The summed E-state index contributed by atoms with van der Waals surface area (Å²) >= 11 is 6.01. The zero-order valence-electron chi connectivity index (χ0n) is 18.7. The maximum absolute atomic E-state index is 13.5. The molecule has 6 heteroatoms. The number of nitrogens with zero attached hydrogens (tertiary/aromatic N) is 3. The molecule has 168 valence electrons. The van der Waals surface area contributed by atoms with E-state index < -0.39 is 6.10 Å². The highest BCUT2D eigenvalue weighted by Crippen LogP contribution is 2.19. The van der Waals surface area contributed by atoms with Gasteiger partial charge in [-0.25, -0.2) is 0 Å². The Morgan fingerprint density at radius 1 is 1.19 bits per heavy atom. The van der Waals surface area contributed by atoms with Crippen molar-refractivity contribution in [1.82, 2.24) is 14.8 Å². The molecule has 0 N–H and O–H groups in total. The van der Waals surface area contributed by atoms with E-state index >= 15 is 0 Å². The van der Waals surface area contributed by atoms with Crippen LogP contribution in [-0.2, 0) is 22.6 Å². The third-order valence-corrected chi connectivity index (χ3v) is 5.94. The van der Waals surface area contributed by atoms with Crippen molar-refractivity contribution in [1.29, 1.82) is 0 Å². The minimum atomic E-state index is -0.447. The Kier molecular flexibility index (Phi) is 7.40. The van der Waals surface area contributed by atoms with Crippen LogP contribution in [0, 0.1) is 5.92 Å². The van der Waals surface area contributed by atoms with Crippen LogP contribution in [0.15, 0.2) is 60.8 Å². The number of rotatable bonds is 7. The van der Waals surface area contributed by atoms with Gasteiger partial charge in [-0.15, -0.1) is 0 Å². The highest BCUT2D eigenvalue weighted by molar-refractivity contribution is 6.30. The molecule has 1 aliphatic rings. The second-order valence-corrected chi connectivity index (χ2v) is 9.30. The Bertz CT molecular complexity index is 1050. The highest BCUT2D eigenvalue weighted by Gasteiger charge is 2.30. The summed E-state index contributed by atoms with van der Waals surface area (Å²) in [5.74, 6) is 0.431. The van der Waals surface area contributed by atoms with Crippen molar-refractivity contribution in [3.63, 3.8) is 0 Å². The maximum Gasteiger partial charge on any atom is 0.253 e. The lowest BCUT2D eigenvalue weighted by molar-refractivity contribution is -0.151. The topological polar surface area (TPSA) is 45.7 Å². The fraction of sp³-hybridized carbons (Fsp3) is 0.385. The van der Waals surface area contributed by atoms with E-state index in [1.807, 2.05) is 41.3 Å². The van der Waals surface area contributed by atoms with Crippen molar-refractivity contribution in [2.45, 2.75) is 33.0 Å². The molecule has 2 aromatic carbocycles. The van der Waals surface area contributed by atoms with Gasteiger partial charge in [-0.1, -0.05) is 49.7 Å². The first-order valence-corrected chi connectivity index (χ1v) is 11.6. The molecule has 1 aromatic heterocycles. The van der Waals surface area contributed by atoms with Gasteiger partial charge in [0, 0.05) is 49.3 Å². The van der Waals surface area contributed by atoms with Crippen molar-refractivity contribution in [3.8, 4) is 0 Å². The minimum Gasteiger partial charge on any atom is -0.366 e. The molecule has 0 bridgehead atoms. The van der Waals surface area contributed by atoms with E-state index in [9.17, 15) is 4.79 Å². The van der Waals surface area contributed by atoms with Crippen LogP contribution >= 0.6 is 11.6 Å². The number of aromatic nitrogens is 1. The lowest BCUT2D eigenvalue weighted by atomic mass is 10.1. The lowest BCUT2D eigenvalue weighted by Crippen LogP contribution is -2.51. The maximum atomic E-state index is 13.5. The van der Waals surface area contributed by atoms with Crippen molar-refractivity contribution in [2.75, 3.05) is 26.2 Å². The molecule has 0 radical (unpaired) electrons. The van der Waals surface area contributed by atoms with Crippen LogP contribution in [0.3, 0.4) is 0 Å². The quantitative estimate of drug-likeness (QED) is 0.519. The zero-order chi connectivity index (χ0) is 22.5. The number of hydrogen-bond donors (Lipinski definition) is 0. The van der Waals surface area contributed by atoms with Gasteiger partial charge in [-0.05, 0) is 47.4 Å². The lowest BCUT2D eigenvalue weighted by Gasteiger charge is -2.35. The highest BCUT2D eigenvalue weighted by atomic mass is 35.5. The molecule has 5 nitrogen and oxygen atoms in total. The largest absolute Gasteiger partial charge is 0.366 e. The molecule has 1 fully saturated rings. The molecule has 3 aromatic rings. The number of morpholine rings is 1. The van der Waals surface area contributed by atoms with Crippen LogP contribution in [0.1, 0.15) is 25.0 Å². The van der Waals surface area contributed by atoms with Gasteiger partial charge in [0.15, 0.2) is 0 Å². The van der Waals surface area contributed by atoms with Crippen LogP contribution in [-0.4, -0.2) is 53.0 Å². The third-order valence-electron chi connectivity index (χ3n) is 5.68. The third kappa shape index (κ3) is 5.85. The predicted octanol–water partition coefficient (Wildman–Crippen LogP) is 4.77. The van der Waals surface area contributed by atoms with Crippen molar-refractivity contribution in [3.05, 3.63) is 76.9 Å². The molecule has 0 spiro atoms. The van der Waals surface area contributed by atoms with Gasteiger partial charge in [-0.2, -0.15) is 0 Å². The number of ether oxygens (including phenoxy) is 1. The van der Waals surface area contributed by atoms with Crippen LogP contribution in [0.5, 0.6) is 0 Å². The number of benzene rings is 2. The number of fused-ring (bicyclic) bond motifs is 1. The molecule has 1 aliphatic heterocycles. The van der Waals surface area contributed by atoms with Crippen molar-refractivity contribution in [2.24, 2.45) is 5.92 Å². The van der Waals surface area contributed by atoms with Crippen LogP contribution < -0.4 is 0 Å². The zero-order valence-corrected chi connectivity index (χ0v) is 19.5. The first kappa shape index (κ1) is 22.7. The molecular formula is C26H30ClN3O2. The number of pyridine rings is 1. The average Bonchev–Trinajstić information content (AvgIpc) is 2.79. The van der Waals surface area contributed by atoms with Gasteiger partial charge in [0.2, 0.25) is 0 Å². The van der Waals surface area contributed by atoms with E-state index in [2.05, 4.69) is 41.9 Å². The normalized spacial score (nSPS) is 17.1. The van der Waals surface area contributed by atoms with E-state index in [4.69, 9.17) is 16.3 Å². The van der Waals surface area contributed by atoms with Gasteiger partial charge in [0.05, 0.1) is 12.1 Å². The number of amides is 1. The second kappa shape index (κ2) is 10.4. The Morgan fingerprint density at radius 2 is 1.97 bits per heavy atom. The molecular weight excluding hydrogens is 422 g/mol. The number of carbonyl (C=O) groups is 1. The Hall–Kier alpha value is -2.47. The summed E-state index contributed by atoms with van der Waals surface area (Å²) in [4.78, 5) is 22.1. The molecule has 32 heavy (non-hydrogen) atoms. The fourth-order valence-electron chi connectivity index (χ4n) is 4.16. The molecule has 0 saturated carbocycles. The molecule has 1 amide bonds. The second-order valence-electron chi connectivity index (χ2n) is 8.86. The SMILES string of the molecule is CC(C)CN(Cc1ccc2ncccc2c1)C(=O)[C@H]1CN(Cc2ccc(Cl)cc2)CCO1. The summed E-state index contributed by atoms with van der Waals surface area (Å²) < 4.78 is 5.93. The summed E-state index contributed by atoms with van der Waals surface area (Å²) in [6.45, 7) is 8.29. The first-order valence-electron chi connectivity index (χ1n) is 11.2. The average molecular weight is 452 g/mol.